The largest absolute Gasteiger partial charge is 0.333 e. The molecule has 2 atom stereocenters. The van der Waals surface area contributed by atoms with E-state index >= 15 is 0 Å². The Morgan fingerprint density at radius 3 is 2.32 bits per heavy atom. The maximum Gasteiger partial charge on any atom is 0.223 e. The van der Waals surface area contributed by atoms with Gasteiger partial charge in [-0.15, -0.1) is 0 Å². The van der Waals surface area contributed by atoms with Gasteiger partial charge in [0.15, 0.2) is 0 Å². The highest BCUT2D eigenvalue weighted by Crippen LogP contribution is 2.44. The third-order valence-corrected chi connectivity index (χ3v) is 5.32. The first-order valence-corrected chi connectivity index (χ1v) is 9.15. The molecule has 25 heavy (non-hydrogen) atoms. The molecule has 0 N–H and O–H groups in total. The summed E-state index contributed by atoms with van der Waals surface area (Å²) in [4.78, 5) is 14.5. The molecule has 3 rings (SSSR count). The zero-order valence-electron chi connectivity index (χ0n) is 14.2. The van der Waals surface area contributed by atoms with Crippen LogP contribution < -0.4 is 0 Å². The maximum absolute atomic E-state index is 13.6. The van der Waals surface area contributed by atoms with Gasteiger partial charge in [0.2, 0.25) is 5.91 Å². The van der Waals surface area contributed by atoms with E-state index in [-0.39, 0.29) is 28.9 Å². The van der Waals surface area contributed by atoms with Gasteiger partial charge in [-0.2, -0.15) is 0 Å². The van der Waals surface area contributed by atoms with E-state index in [4.69, 9.17) is 23.2 Å². The highest BCUT2D eigenvalue weighted by molar-refractivity contribution is 6.31. The molecule has 2 aromatic rings. The summed E-state index contributed by atoms with van der Waals surface area (Å²) in [5.41, 5.74) is 1.97. The number of halogens is 3. The SMILES string of the molecule is CC(C)N1C(=O)CC[C@H](c2ccc(F)c(Cl)c2)[C@H]1c1ccc(Cl)cc1. The normalized spacial score (nSPS) is 21.0. The lowest BCUT2D eigenvalue weighted by Gasteiger charge is -2.44. The molecule has 0 aliphatic carbocycles. The minimum atomic E-state index is -0.430. The molecule has 1 aliphatic heterocycles. The zero-order chi connectivity index (χ0) is 18.1. The van der Waals surface area contributed by atoms with Gasteiger partial charge < -0.3 is 4.90 Å². The Morgan fingerprint density at radius 2 is 1.72 bits per heavy atom. The standard InChI is InChI=1S/C20H20Cl2FNO/c1-12(2)24-19(25)10-8-16(14-5-9-18(23)17(22)11-14)20(24)13-3-6-15(21)7-4-13/h3-7,9,11-12,16,20H,8,10H2,1-2H3/t16-,20-/m1/s1. The number of carbonyl (C=O) groups excluding carboxylic acids is 1. The lowest BCUT2D eigenvalue weighted by atomic mass is 9.79. The summed E-state index contributed by atoms with van der Waals surface area (Å²) in [6, 6.07) is 12.4. The van der Waals surface area contributed by atoms with Gasteiger partial charge in [-0.1, -0.05) is 41.4 Å². The predicted octanol–water partition coefficient (Wildman–Crippen LogP) is 5.99. The number of likely N-dealkylation sites (tertiary alicyclic amines) is 1. The van der Waals surface area contributed by atoms with E-state index < -0.39 is 5.82 Å². The summed E-state index contributed by atoms with van der Waals surface area (Å²) in [5.74, 6) is -0.236. The van der Waals surface area contributed by atoms with Gasteiger partial charge in [0.25, 0.3) is 0 Å². The van der Waals surface area contributed by atoms with Gasteiger partial charge in [0.1, 0.15) is 5.82 Å². The molecule has 0 radical (unpaired) electrons. The first kappa shape index (κ1) is 18.2. The Kier molecular flexibility index (Phi) is 5.35. The first-order valence-electron chi connectivity index (χ1n) is 8.40. The van der Waals surface area contributed by atoms with Crippen molar-refractivity contribution in [1.29, 1.82) is 0 Å². The van der Waals surface area contributed by atoms with Gasteiger partial charge in [-0.05, 0) is 55.7 Å². The van der Waals surface area contributed by atoms with Gasteiger partial charge >= 0.3 is 0 Å². The number of hydrogen-bond acceptors (Lipinski definition) is 1. The summed E-state index contributed by atoms with van der Waals surface area (Å²) in [7, 11) is 0. The third kappa shape index (κ3) is 3.68. The van der Waals surface area contributed by atoms with Gasteiger partial charge in [0.05, 0.1) is 11.1 Å². The Labute approximate surface area is 157 Å². The molecule has 0 unspecified atom stereocenters. The van der Waals surface area contributed by atoms with E-state index in [1.807, 2.05) is 43.0 Å². The average Bonchev–Trinajstić information content (AvgIpc) is 2.57. The molecule has 2 aromatic carbocycles. The summed E-state index contributed by atoms with van der Waals surface area (Å²) in [5, 5.41) is 0.767. The van der Waals surface area contributed by atoms with Crippen LogP contribution in [0.4, 0.5) is 4.39 Å². The fraction of sp³-hybridized carbons (Fsp3) is 0.350. The van der Waals surface area contributed by atoms with Crippen molar-refractivity contribution in [2.75, 3.05) is 0 Å². The Morgan fingerprint density at radius 1 is 1.08 bits per heavy atom. The Balaban J connectivity index is 2.09. The maximum atomic E-state index is 13.6. The number of rotatable bonds is 3. The van der Waals surface area contributed by atoms with Crippen LogP contribution in [0.1, 0.15) is 49.8 Å². The summed E-state index contributed by atoms with van der Waals surface area (Å²) in [6.07, 6.45) is 1.18. The van der Waals surface area contributed by atoms with E-state index in [2.05, 4.69) is 0 Å². The van der Waals surface area contributed by atoms with Gasteiger partial charge in [-0.3, -0.25) is 4.79 Å². The second-order valence-corrected chi connectivity index (χ2v) is 7.55. The molecule has 1 amide bonds. The molecule has 0 aromatic heterocycles. The molecule has 1 aliphatic rings. The van der Waals surface area contributed by atoms with Crippen LogP contribution >= 0.6 is 23.2 Å². The zero-order valence-corrected chi connectivity index (χ0v) is 15.7. The van der Waals surface area contributed by atoms with E-state index in [1.54, 1.807) is 12.1 Å². The lowest BCUT2D eigenvalue weighted by molar-refractivity contribution is -0.139. The van der Waals surface area contributed by atoms with Crippen LogP contribution in [-0.2, 0) is 4.79 Å². The van der Waals surface area contributed by atoms with Crippen LogP contribution in [0.3, 0.4) is 0 Å². The van der Waals surface area contributed by atoms with Crippen molar-refractivity contribution in [3.63, 3.8) is 0 Å². The van der Waals surface area contributed by atoms with Crippen LogP contribution in [0, 0.1) is 5.82 Å². The third-order valence-electron chi connectivity index (χ3n) is 4.78. The fourth-order valence-electron chi connectivity index (χ4n) is 3.67. The number of piperidine rings is 1. The molecule has 1 heterocycles. The number of benzene rings is 2. The minimum Gasteiger partial charge on any atom is -0.333 e. The Bertz CT molecular complexity index is 776. The second-order valence-electron chi connectivity index (χ2n) is 6.71. The van der Waals surface area contributed by atoms with Gasteiger partial charge in [0, 0.05) is 23.4 Å². The fourth-order valence-corrected chi connectivity index (χ4v) is 3.98. The second kappa shape index (κ2) is 7.35. The number of hydrogen-bond donors (Lipinski definition) is 0. The van der Waals surface area contributed by atoms with Crippen LogP contribution in [0.15, 0.2) is 42.5 Å². The minimum absolute atomic E-state index is 0.0550. The van der Waals surface area contributed by atoms with E-state index in [0.29, 0.717) is 17.9 Å². The van der Waals surface area contributed by atoms with Crippen LogP contribution in [-0.4, -0.2) is 16.8 Å². The van der Waals surface area contributed by atoms with Crippen LogP contribution in [0.25, 0.3) is 0 Å². The quantitative estimate of drug-likeness (QED) is 0.641. The Hall–Kier alpha value is -1.58. The molecule has 2 nitrogen and oxygen atoms in total. The molecule has 1 saturated heterocycles. The van der Waals surface area contributed by atoms with Crippen LogP contribution in [0.2, 0.25) is 10.0 Å². The molecule has 5 heteroatoms. The van der Waals surface area contributed by atoms with Crippen molar-refractivity contribution in [1.82, 2.24) is 4.90 Å². The first-order chi connectivity index (χ1) is 11.9. The highest BCUT2D eigenvalue weighted by Gasteiger charge is 2.39. The molecule has 0 bridgehead atoms. The highest BCUT2D eigenvalue weighted by atomic mass is 35.5. The van der Waals surface area contributed by atoms with Crippen molar-refractivity contribution in [3.05, 3.63) is 69.5 Å². The van der Waals surface area contributed by atoms with Gasteiger partial charge in [-0.25, -0.2) is 4.39 Å². The van der Waals surface area contributed by atoms with Crippen molar-refractivity contribution in [2.24, 2.45) is 0 Å². The number of nitrogens with zero attached hydrogens (tertiary/aromatic N) is 1. The lowest BCUT2D eigenvalue weighted by Crippen LogP contribution is -2.45. The monoisotopic (exact) mass is 379 g/mol. The molecular weight excluding hydrogens is 360 g/mol. The summed E-state index contributed by atoms with van der Waals surface area (Å²) in [6.45, 7) is 4.03. The van der Waals surface area contributed by atoms with E-state index in [1.165, 1.54) is 6.07 Å². The van der Waals surface area contributed by atoms with Crippen molar-refractivity contribution in [2.45, 2.75) is 44.7 Å². The molecule has 0 spiro atoms. The average molecular weight is 380 g/mol. The molecular formula is C20H20Cl2FNO. The molecule has 132 valence electrons. The number of carbonyl (C=O) groups is 1. The summed E-state index contributed by atoms with van der Waals surface area (Å²) < 4.78 is 13.6. The summed E-state index contributed by atoms with van der Waals surface area (Å²) >= 11 is 12.0. The van der Waals surface area contributed by atoms with Crippen molar-refractivity contribution in [3.8, 4) is 0 Å². The van der Waals surface area contributed by atoms with Crippen molar-refractivity contribution < 1.29 is 9.18 Å². The van der Waals surface area contributed by atoms with E-state index in [9.17, 15) is 9.18 Å². The van der Waals surface area contributed by atoms with Crippen LogP contribution in [0.5, 0.6) is 0 Å². The van der Waals surface area contributed by atoms with E-state index in [0.717, 1.165) is 11.1 Å². The number of amides is 1. The topological polar surface area (TPSA) is 20.3 Å². The molecule has 1 fully saturated rings. The van der Waals surface area contributed by atoms with Crippen molar-refractivity contribution >= 4 is 29.1 Å². The smallest absolute Gasteiger partial charge is 0.223 e. The predicted molar refractivity (Wildman–Crippen MR) is 99.6 cm³/mol. The molecule has 0 saturated carbocycles.